The average molecular weight is 403 g/mol. The monoisotopic (exact) mass is 402 g/mol. The third kappa shape index (κ3) is 3.93. The Morgan fingerprint density at radius 2 is 2.05 bits per heavy atom. The van der Waals surface area contributed by atoms with Gasteiger partial charge in [-0.1, -0.05) is 0 Å². The maximum atomic E-state index is 12.0. The molecule has 0 saturated carbocycles. The minimum atomic E-state index is -1.00. The SMILES string of the molecule is CC(OC(=O)c1ccc(Br)s1)C(=O)Nc1sccc1C(N)=O. The Bertz CT molecular complexity index is 725. The molecule has 1 atom stereocenters. The zero-order valence-corrected chi connectivity index (χ0v) is 14.5. The lowest BCUT2D eigenvalue weighted by molar-refractivity contribution is -0.123. The highest BCUT2D eigenvalue weighted by atomic mass is 79.9. The van der Waals surface area contributed by atoms with E-state index in [1.54, 1.807) is 17.5 Å². The Morgan fingerprint density at radius 3 is 2.64 bits per heavy atom. The van der Waals surface area contributed by atoms with Gasteiger partial charge in [0.05, 0.1) is 9.35 Å². The molecule has 2 rings (SSSR count). The number of carbonyl (C=O) groups is 3. The molecule has 9 heteroatoms. The van der Waals surface area contributed by atoms with Gasteiger partial charge in [0.25, 0.3) is 11.8 Å². The van der Waals surface area contributed by atoms with Crippen molar-refractivity contribution in [3.05, 3.63) is 37.8 Å². The van der Waals surface area contributed by atoms with Crippen molar-refractivity contribution in [2.75, 3.05) is 5.32 Å². The molecule has 0 aliphatic heterocycles. The summed E-state index contributed by atoms with van der Waals surface area (Å²) >= 11 is 5.62. The number of ether oxygens (including phenoxy) is 1. The van der Waals surface area contributed by atoms with Gasteiger partial charge in [-0.05, 0) is 46.4 Å². The van der Waals surface area contributed by atoms with Gasteiger partial charge < -0.3 is 15.8 Å². The van der Waals surface area contributed by atoms with Crippen LogP contribution < -0.4 is 11.1 Å². The van der Waals surface area contributed by atoms with Crippen LogP contribution in [0.25, 0.3) is 0 Å². The molecule has 0 spiro atoms. The van der Waals surface area contributed by atoms with Crippen LogP contribution in [-0.4, -0.2) is 23.9 Å². The molecule has 2 heterocycles. The number of nitrogens with two attached hydrogens (primary N) is 1. The molecule has 22 heavy (non-hydrogen) atoms. The molecule has 6 nitrogen and oxygen atoms in total. The molecule has 2 amide bonds. The lowest BCUT2D eigenvalue weighted by Gasteiger charge is -2.12. The molecular formula is C13H11BrN2O4S2. The summed E-state index contributed by atoms with van der Waals surface area (Å²) in [6.45, 7) is 1.45. The molecule has 3 N–H and O–H groups in total. The highest BCUT2D eigenvalue weighted by Gasteiger charge is 2.22. The molecule has 116 valence electrons. The minimum Gasteiger partial charge on any atom is -0.448 e. The first kappa shape index (κ1) is 16.7. The van der Waals surface area contributed by atoms with Gasteiger partial charge in [0, 0.05) is 0 Å². The fourth-order valence-corrected chi connectivity index (χ4v) is 3.57. The number of nitrogens with one attached hydrogen (secondary N) is 1. The van der Waals surface area contributed by atoms with Crippen LogP contribution in [0.2, 0.25) is 0 Å². The summed E-state index contributed by atoms with van der Waals surface area (Å²) in [4.78, 5) is 35.5. The van der Waals surface area contributed by atoms with Gasteiger partial charge in [-0.25, -0.2) is 4.79 Å². The predicted octanol–water partition coefficient (Wildman–Crippen LogP) is 2.86. The molecular weight excluding hydrogens is 392 g/mol. The average Bonchev–Trinajstić information content (AvgIpc) is 3.07. The number of thiophene rings is 2. The molecule has 0 aliphatic rings. The number of esters is 1. The molecule has 0 bridgehead atoms. The largest absolute Gasteiger partial charge is 0.448 e. The van der Waals surface area contributed by atoms with Crippen LogP contribution in [0.3, 0.4) is 0 Å². The van der Waals surface area contributed by atoms with Crippen LogP contribution >= 0.6 is 38.6 Å². The summed E-state index contributed by atoms with van der Waals surface area (Å²) in [5.74, 6) is -1.75. The number of rotatable bonds is 5. The number of carbonyl (C=O) groups excluding carboxylic acids is 3. The van der Waals surface area contributed by atoms with Crippen LogP contribution in [-0.2, 0) is 9.53 Å². The summed E-state index contributed by atoms with van der Waals surface area (Å²) in [5.41, 5.74) is 5.42. The van der Waals surface area contributed by atoms with Crippen LogP contribution in [0.5, 0.6) is 0 Å². The third-order valence-electron chi connectivity index (χ3n) is 2.59. The van der Waals surface area contributed by atoms with E-state index in [2.05, 4.69) is 21.2 Å². The van der Waals surface area contributed by atoms with E-state index in [9.17, 15) is 14.4 Å². The Hall–Kier alpha value is -1.71. The van der Waals surface area contributed by atoms with E-state index < -0.39 is 23.9 Å². The Morgan fingerprint density at radius 1 is 1.32 bits per heavy atom. The van der Waals surface area contributed by atoms with Crippen LogP contribution in [0.4, 0.5) is 5.00 Å². The zero-order valence-electron chi connectivity index (χ0n) is 11.3. The number of hydrogen-bond acceptors (Lipinski definition) is 6. The minimum absolute atomic E-state index is 0.221. The summed E-state index contributed by atoms with van der Waals surface area (Å²) in [7, 11) is 0. The van der Waals surface area contributed by atoms with Gasteiger partial charge in [-0.15, -0.1) is 22.7 Å². The molecule has 0 fully saturated rings. The molecule has 2 aromatic heterocycles. The summed E-state index contributed by atoms with van der Waals surface area (Å²) in [6, 6.07) is 4.84. The fourth-order valence-electron chi connectivity index (χ4n) is 1.51. The topological polar surface area (TPSA) is 98.5 Å². The predicted molar refractivity (Wildman–Crippen MR) is 88.4 cm³/mol. The first-order valence-corrected chi connectivity index (χ1v) is 8.52. The maximum absolute atomic E-state index is 12.0. The quantitative estimate of drug-likeness (QED) is 0.750. The Kier molecular flexibility index (Phi) is 5.33. The van der Waals surface area contributed by atoms with E-state index in [1.165, 1.54) is 24.3 Å². The molecule has 0 aliphatic carbocycles. The van der Waals surface area contributed by atoms with Crippen molar-refractivity contribution >= 4 is 61.4 Å². The molecule has 0 aromatic carbocycles. The van der Waals surface area contributed by atoms with Crippen molar-refractivity contribution in [2.24, 2.45) is 5.73 Å². The van der Waals surface area contributed by atoms with E-state index in [0.29, 0.717) is 9.88 Å². The number of amides is 2. The van der Waals surface area contributed by atoms with Crippen LogP contribution in [0.1, 0.15) is 27.0 Å². The van der Waals surface area contributed by atoms with E-state index in [1.807, 2.05) is 0 Å². The van der Waals surface area contributed by atoms with Crippen molar-refractivity contribution < 1.29 is 19.1 Å². The van der Waals surface area contributed by atoms with Gasteiger partial charge in [-0.2, -0.15) is 0 Å². The number of anilines is 1. The normalized spacial score (nSPS) is 11.7. The number of halogens is 1. The van der Waals surface area contributed by atoms with Crippen molar-refractivity contribution in [1.29, 1.82) is 0 Å². The Balaban J connectivity index is 1.99. The van der Waals surface area contributed by atoms with Gasteiger partial charge in [-0.3, -0.25) is 9.59 Å². The van der Waals surface area contributed by atoms with Crippen molar-refractivity contribution in [1.82, 2.24) is 0 Å². The lowest BCUT2D eigenvalue weighted by atomic mass is 10.3. The Labute approximate surface area is 142 Å². The van der Waals surface area contributed by atoms with E-state index >= 15 is 0 Å². The van der Waals surface area contributed by atoms with E-state index in [4.69, 9.17) is 10.5 Å². The third-order valence-corrected chi connectivity index (χ3v) is 5.03. The number of primary amides is 1. The second kappa shape index (κ2) is 7.03. The summed E-state index contributed by atoms with van der Waals surface area (Å²) < 4.78 is 5.88. The first-order chi connectivity index (χ1) is 10.4. The highest BCUT2D eigenvalue weighted by molar-refractivity contribution is 9.11. The molecule has 1 unspecified atom stereocenters. The molecule has 0 radical (unpaired) electrons. The second-order valence-corrected chi connectivity index (χ2v) is 7.55. The number of hydrogen-bond donors (Lipinski definition) is 2. The van der Waals surface area contributed by atoms with Crippen LogP contribution in [0, 0.1) is 0 Å². The van der Waals surface area contributed by atoms with Gasteiger partial charge in [0.15, 0.2) is 6.10 Å². The van der Waals surface area contributed by atoms with Gasteiger partial charge in [0.2, 0.25) is 0 Å². The summed E-state index contributed by atoms with van der Waals surface area (Å²) in [6.07, 6.45) is -1.00. The van der Waals surface area contributed by atoms with Crippen molar-refractivity contribution in [2.45, 2.75) is 13.0 Å². The van der Waals surface area contributed by atoms with E-state index in [0.717, 1.165) is 15.1 Å². The van der Waals surface area contributed by atoms with E-state index in [-0.39, 0.29) is 5.56 Å². The van der Waals surface area contributed by atoms with Gasteiger partial charge in [0.1, 0.15) is 9.88 Å². The standard InChI is InChI=1S/C13H11BrN2O4S2/c1-6(20-13(19)8-2-3-9(14)22-8)11(18)16-12-7(10(15)17)4-5-21-12/h2-6H,1H3,(H2,15,17)(H,16,18). The van der Waals surface area contributed by atoms with Crippen LogP contribution in [0.15, 0.2) is 27.4 Å². The van der Waals surface area contributed by atoms with Gasteiger partial charge >= 0.3 is 5.97 Å². The maximum Gasteiger partial charge on any atom is 0.349 e. The highest BCUT2D eigenvalue weighted by Crippen LogP contribution is 2.24. The molecule has 2 aromatic rings. The lowest BCUT2D eigenvalue weighted by Crippen LogP contribution is -2.30. The summed E-state index contributed by atoms with van der Waals surface area (Å²) in [5, 5.41) is 4.50. The first-order valence-electron chi connectivity index (χ1n) is 6.03. The van der Waals surface area contributed by atoms with Crippen molar-refractivity contribution in [3.8, 4) is 0 Å². The zero-order chi connectivity index (χ0) is 16.3. The van der Waals surface area contributed by atoms with Crippen molar-refractivity contribution in [3.63, 3.8) is 0 Å². The second-order valence-electron chi connectivity index (χ2n) is 4.17. The molecule has 0 saturated heterocycles. The smallest absolute Gasteiger partial charge is 0.349 e. The fraction of sp³-hybridized carbons (Fsp3) is 0.154.